The second kappa shape index (κ2) is 9.03. The van der Waals surface area contributed by atoms with E-state index in [-0.39, 0.29) is 11.9 Å². The summed E-state index contributed by atoms with van der Waals surface area (Å²) in [6.07, 6.45) is 0. The van der Waals surface area contributed by atoms with Crippen LogP contribution in [-0.2, 0) is 4.79 Å². The zero-order chi connectivity index (χ0) is 15.8. The molecular weight excluding hydrogens is 286 g/mol. The van der Waals surface area contributed by atoms with Crippen molar-refractivity contribution < 1.29 is 4.79 Å². The number of carbonyl (C=O) groups is 1. The molecule has 21 heavy (non-hydrogen) atoms. The zero-order valence-electron chi connectivity index (χ0n) is 13.4. The highest BCUT2D eigenvalue weighted by atomic mass is 35.5. The number of carbonyl (C=O) groups excluding carboxylic acids is 1. The third-order valence-electron chi connectivity index (χ3n) is 3.84. The fraction of sp³-hybridized carbons (Fsp3) is 0.562. The number of rotatable bonds is 8. The largest absolute Gasteiger partial charge is 0.323 e. The molecule has 0 radical (unpaired) electrons. The van der Waals surface area contributed by atoms with Crippen molar-refractivity contribution in [2.45, 2.75) is 26.8 Å². The molecule has 1 aromatic rings. The lowest BCUT2D eigenvalue weighted by atomic mass is 10.2. The Morgan fingerprint density at radius 2 is 1.86 bits per heavy atom. The van der Waals surface area contributed by atoms with Crippen molar-refractivity contribution in [1.82, 2.24) is 9.80 Å². The van der Waals surface area contributed by atoms with E-state index < -0.39 is 0 Å². The van der Waals surface area contributed by atoms with Gasteiger partial charge in [0, 0.05) is 13.1 Å². The van der Waals surface area contributed by atoms with Crippen molar-refractivity contribution in [3.63, 3.8) is 0 Å². The SMILES string of the molecule is CCN(CC)CCN(C)C(C)C(=O)Nc1ccccc1Cl. The summed E-state index contributed by atoms with van der Waals surface area (Å²) in [5.74, 6) is -0.0369. The summed E-state index contributed by atoms with van der Waals surface area (Å²) >= 11 is 6.06. The maximum Gasteiger partial charge on any atom is 0.241 e. The third kappa shape index (κ3) is 5.65. The molecule has 0 fully saturated rings. The van der Waals surface area contributed by atoms with Gasteiger partial charge in [0.1, 0.15) is 0 Å². The molecule has 5 heteroatoms. The van der Waals surface area contributed by atoms with E-state index in [0.29, 0.717) is 10.7 Å². The number of nitrogens with one attached hydrogen (secondary N) is 1. The van der Waals surface area contributed by atoms with Crippen LogP contribution in [0.5, 0.6) is 0 Å². The van der Waals surface area contributed by atoms with Crippen molar-refractivity contribution in [2.75, 3.05) is 38.5 Å². The molecule has 1 atom stereocenters. The Morgan fingerprint density at radius 1 is 1.24 bits per heavy atom. The quantitative estimate of drug-likeness (QED) is 0.802. The van der Waals surface area contributed by atoms with E-state index in [1.165, 1.54) is 0 Å². The number of nitrogens with zero attached hydrogens (tertiary/aromatic N) is 2. The van der Waals surface area contributed by atoms with Crippen molar-refractivity contribution in [3.05, 3.63) is 29.3 Å². The molecule has 0 saturated carbocycles. The highest BCUT2D eigenvalue weighted by molar-refractivity contribution is 6.33. The minimum atomic E-state index is -0.197. The summed E-state index contributed by atoms with van der Waals surface area (Å²) in [4.78, 5) is 16.7. The molecule has 0 aliphatic carbocycles. The fourth-order valence-corrected chi connectivity index (χ4v) is 2.22. The lowest BCUT2D eigenvalue weighted by molar-refractivity contribution is -0.120. The first kappa shape index (κ1) is 18.0. The molecule has 1 aromatic carbocycles. The Balaban J connectivity index is 2.51. The summed E-state index contributed by atoms with van der Waals surface area (Å²) in [6.45, 7) is 10.1. The van der Waals surface area contributed by atoms with Gasteiger partial charge in [-0.2, -0.15) is 0 Å². The minimum Gasteiger partial charge on any atom is -0.323 e. The van der Waals surface area contributed by atoms with Gasteiger partial charge in [0.2, 0.25) is 5.91 Å². The van der Waals surface area contributed by atoms with E-state index in [4.69, 9.17) is 11.6 Å². The van der Waals surface area contributed by atoms with Crippen LogP contribution in [0.15, 0.2) is 24.3 Å². The lowest BCUT2D eigenvalue weighted by Crippen LogP contribution is -2.43. The number of anilines is 1. The van der Waals surface area contributed by atoms with Gasteiger partial charge >= 0.3 is 0 Å². The number of para-hydroxylation sites is 1. The van der Waals surface area contributed by atoms with Crippen LogP contribution in [0, 0.1) is 0 Å². The average Bonchev–Trinajstić information content (AvgIpc) is 2.49. The summed E-state index contributed by atoms with van der Waals surface area (Å²) in [5.41, 5.74) is 0.660. The Morgan fingerprint density at radius 3 is 2.43 bits per heavy atom. The summed E-state index contributed by atoms with van der Waals surface area (Å²) in [6, 6.07) is 7.08. The molecule has 0 bridgehead atoms. The van der Waals surface area contributed by atoms with Crippen LogP contribution >= 0.6 is 11.6 Å². The highest BCUT2D eigenvalue weighted by Gasteiger charge is 2.19. The molecule has 0 aliphatic heterocycles. The molecule has 0 heterocycles. The fourth-order valence-electron chi connectivity index (χ4n) is 2.03. The average molecular weight is 312 g/mol. The molecule has 118 valence electrons. The highest BCUT2D eigenvalue weighted by Crippen LogP contribution is 2.20. The standard InChI is InChI=1S/C16H26ClN3O/c1-5-20(6-2)12-11-19(4)13(3)16(21)18-15-10-8-7-9-14(15)17/h7-10,13H,5-6,11-12H2,1-4H3,(H,18,21). The van der Waals surface area contributed by atoms with Crippen LogP contribution in [0.2, 0.25) is 5.02 Å². The van der Waals surface area contributed by atoms with E-state index >= 15 is 0 Å². The number of amides is 1. The van der Waals surface area contributed by atoms with E-state index in [1.54, 1.807) is 6.07 Å². The molecule has 4 nitrogen and oxygen atoms in total. The zero-order valence-corrected chi connectivity index (χ0v) is 14.2. The second-order valence-electron chi connectivity index (χ2n) is 5.15. The van der Waals surface area contributed by atoms with Gasteiger partial charge in [-0.3, -0.25) is 9.69 Å². The number of likely N-dealkylation sites (N-methyl/N-ethyl adjacent to an activating group) is 2. The summed E-state index contributed by atoms with van der Waals surface area (Å²) < 4.78 is 0. The van der Waals surface area contributed by atoms with E-state index in [1.807, 2.05) is 32.2 Å². The Bertz CT molecular complexity index is 449. The number of benzene rings is 1. The maximum absolute atomic E-state index is 12.3. The van der Waals surface area contributed by atoms with E-state index in [0.717, 1.165) is 26.2 Å². The molecule has 0 saturated heterocycles. The minimum absolute atomic E-state index is 0.0369. The van der Waals surface area contributed by atoms with Crippen molar-refractivity contribution in [3.8, 4) is 0 Å². The van der Waals surface area contributed by atoms with Crippen molar-refractivity contribution >= 4 is 23.2 Å². The predicted molar refractivity (Wildman–Crippen MR) is 90.0 cm³/mol. The molecule has 0 spiro atoms. The van der Waals surface area contributed by atoms with Gasteiger partial charge in [-0.25, -0.2) is 0 Å². The van der Waals surface area contributed by atoms with Gasteiger partial charge in [-0.15, -0.1) is 0 Å². The lowest BCUT2D eigenvalue weighted by Gasteiger charge is -2.27. The first-order valence-electron chi connectivity index (χ1n) is 7.47. The van der Waals surface area contributed by atoms with Crippen LogP contribution in [0.1, 0.15) is 20.8 Å². The van der Waals surface area contributed by atoms with Crippen LogP contribution in [0.25, 0.3) is 0 Å². The summed E-state index contributed by atoms with van der Waals surface area (Å²) in [5, 5.41) is 3.44. The van der Waals surface area contributed by atoms with Crippen LogP contribution < -0.4 is 5.32 Å². The van der Waals surface area contributed by atoms with Crippen LogP contribution in [0.3, 0.4) is 0 Å². The maximum atomic E-state index is 12.3. The molecule has 1 unspecified atom stereocenters. The normalized spacial score (nSPS) is 12.7. The van der Waals surface area contributed by atoms with Gasteiger partial charge < -0.3 is 10.2 Å². The molecule has 1 rings (SSSR count). The Hall–Kier alpha value is -1.10. The Kier molecular flexibility index (Phi) is 7.72. The molecule has 1 N–H and O–H groups in total. The smallest absolute Gasteiger partial charge is 0.241 e. The molecule has 0 aromatic heterocycles. The van der Waals surface area contributed by atoms with Gasteiger partial charge in [0.25, 0.3) is 0 Å². The molecule has 1 amide bonds. The van der Waals surface area contributed by atoms with Crippen molar-refractivity contribution in [2.24, 2.45) is 0 Å². The van der Waals surface area contributed by atoms with E-state index in [9.17, 15) is 4.79 Å². The monoisotopic (exact) mass is 311 g/mol. The number of halogens is 1. The van der Waals surface area contributed by atoms with Gasteiger partial charge in [0.15, 0.2) is 0 Å². The van der Waals surface area contributed by atoms with Crippen LogP contribution in [-0.4, -0.2) is 55.0 Å². The first-order chi connectivity index (χ1) is 9.99. The van der Waals surface area contributed by atoms with Gasteiger partial charge in [-0.1, -0.05) is 37.6 Å². The number of hydrogen-bond donors (Lipinski definition) is 1. The molecular formula is C16H26ClN3O. The molecule has 0 aliphatic rings. The van der Waals surface area contributed by atoms with Gasteiger partial charge in [0.05, 0.1) is 16.8 Å². The summed E-state index contributed by atoms with van der Waals surface area (Å²) in [7, 11) is 1.97. The van der Waals surface area contributed by atoms with Crippen LogP contribution in [0.4, 0.5) is 5.69 Å². The predicted octanol–water partition coefficient (Wildman–Crippen LogP) is 2.94. The van der Waals surface area contributed by atoms with Gasteiger partial charge in [-0.05, 0) is 39.2 Å². The van der Waals surface area contributed by atoms with E-state index in [2.05, 4.69) is 29.0 Å². The van der Waals surface area contributed by atoms with Crippen molar-refractivity contribution in [1.29, 1.82) is 0 Å². The third-order valence-corrected chi connectivity index (χ3v) is 4.17. The first-order valence-corrected chi connectivity index (χ1v) is 7.85. The number of hydrogen-bond acceptors (Lipinski definition) is 3. The second-order valence-corrected chi connectivity index (χ2v) is 5.56. The topological polar surface area (TPSA) is 35.6 Å². The Labute approximate surface area is 133 Å².